The number of hydrogen-bond acceptors (Lipinski definition) is 2. The molecule has 2 atom stereocenters. The third-order valence-corrected chi connectivity index (χ3v) is 4.50. The molecular formula is C14H25NO2. The second kappa shape index (κ2) is 5.85. The largest absolute Gasteiger partial charge is 0.481 e. The Bertz CT molecular complexity index is 263. The van der Waals surface area contributed by atoms with Gasteiger partial charge in [-0.3, -0.25) is 4.79 Å². The molecule has 2 aliphatic rings. The Morgan fingerprint density at radius 3 is 2.65 bits per heavy atom. The molecule has 2 unspecified atom stereocenters. The summed E-state index contributed by atoms with van der Waals surface area (Å²) < 4.78 is 0. The van der Waals surface area contributed by atoms with Crippen LogP contribution in [0.5, 0.6) is 0 Å². The first-order valence-corrected chi connectivity index (χ1v) is 7.09. The van der Waals surface area contributed by atoms with Crippen LogP contribution in [0.25, 0.3) is 0 Å². The topological polar surface area (TPSA) is 40.5 Å². The average molecular weight is 239 g/mol. The van der Waals surface area contributed by atoms with Gasteiger partial charge in [0.15, 0.2) is 0 Å². The molecule has 0 aromatic heterocycles. The summed E-state index contributed by atoms with van der Waals surface area (Å²) >= 11 is 0. The molecule has 0 heterocycles. The quantitative estimate of drug-likeness (QED) is 0.775. The van der Waals surface area contributed by atoms with Crippen molar-refractivity contribution in [3.8, 4) is 0 Å². The number of carboxylic acids is 1. The number of aliphatic carboxylic acids is 1. The molecule has 2 fully saturated rings. The van der Waals surface area contributed by atoms with Crippen LogP contribution >= 0.6 is 0 Å². The van der Waals surface area contributed by atoms with E-state index in [1.807, 2.05) is 0 Å². The van der Waals surface area contributed by atoms with Crippen molar-refractivity contribution in [2.24, 2.45) is 11.8 Å². The summed E-state index contributed by atoms with van der Waals surface area (Å²) in [6.07, 6.45) is 9.49. The van der Waals surface area contributed by atoms with Crippen molar-refractivity contribution in [3.05, 3.63) is 0 Å². The summed E-state index contributed by atoms with van der Waals surface area (Å²) in [5.41, 5.74) is 0. The molecule has 17 heavy (non-hydrogen) atoms. The van der Waals surface area contributed by atoms with Gasteiger partial charge in [-0.15, -0.1) is 0 Å². The summed E-state index contributed by atoms with van der Waals surface area (Å²) in [6, 6.07) is 0.711. The van der Waals surface area contributed by atoms with Crippen molar-refractivity contribution in [1.29, 1.82) is 0 Å². The molecule has 0 aliphatic heterocycles. The molecule has 0 spiro atoms. The maximum atomic E-state index is 10.5. The van der Waals surface area contributed by atoms with Crippen molar-refractivity contribution >= 4 is 5.97 Å². The predicted octanol–water partition coefficient (Wildman–Crippen LogP) is 2.75. The van der Waals surface area contributed by atoms with E-state index in [0.29, 0.717) is 12.5 Å². The highest BCUT2D eigenvalue weighted by Gasteiger charge is 2.35. The molecule has 3 heteroatoms. The fourth-order valence-electron chi connectivity index (χ4n) is 3.26. The molecule has 3 nitrogen and oxygen atoms in total. The van der Waals surface area contributed by atoms with Crippen molar-refractivity contribution in [2.45, 2.75) is 57.4 Å². The first-order valence-electron chi connectivity index (χ1n) is 7.09. The molecule has 0 aromatic rings. The van der Waals surface area contributed by atoms with E-state index in [1.54, 1.807) is 0 Å². The highest BCUT2D eigenvalue weighted by atomic mass is 16.4. The van der Waals surface area contributed by atoms with Gasteiger partial charge in [0.1, 0.15) is 0 Å². The number of carboxylic acid groups (broad SMARTS) is 1. The van der Waals surface area contributed by atoms with Crippen molar-refractivity contribution in [3.63, 3.8) is 0 Å². The Kier molecular flexibility index (Phi) is 4.43. The Hall–Kier alpha value is -0.570. The van der Waals surface area contributed by atoms with E-state index in [4.69, 9.17) is 5.11 Å². The Morgan fingerprint density at radius 2 is 2.00 bits per heavy atom. The predicted molar refractivity (Wildman–Crippen MR) is 68.0 cm³/mol. The summed E-state index contributed by atoms with van der Waals surface area (Å²) in [5.74, 6) is 1.33. The maximum Gasteiger partial charge on any atom is 0.303 e. The van der Waals surface area contributed by atoms with E-state index in [-0.39, 0.29) is 0 Å². The van der Waals surface area contributed by atoms with Crippen LogP contribution in [0, 0.1) is 11.8 Å². The standard InChI is InChI=1S/C14H25NO2/c1-15(9-3-6-14(16)17)13-5-2-4-12(10-13)11-7-8-11/h11-13H,2-10H2,1H3,(H,16,17). The number of hydrogen-bond donors (Lipinski definition) is 1. The molecule has 0 amide bonds. The van der Waals surface area contributed by atoms with Gasteiger partial charge in [-0.05, 0) is 57.5 Å². The van der Waals surface area contributed by atoms with E-state index >= 15 is 0 Å². The zero-order chi connectivity index (χ0) is 12.3. The Balaban J connectivity index is 1.70. The third-order valence-electron chi connectivity index (χ3n) is 4.50. The normalized spacial score (nSPS) is 29.5. The minimum absolute atomic E-state index is 0.309. The second-order valence-corrected chi connectivity index (χ2v) is 5.90. The summed E-state index contributed by atoms with van der Waals surface area (Å²) in [7, 11) is 2.17. The molecule has 2 rings (SSSR count). The lowest BCUT2D eigenvalue weighted by Gasteiger charge is -2.35. The molecule has 2 saturated carbocycles. The molecule has 0 saturated heterocycles. The fraction of sp³-hybridized carbons (Fsp3) is 0.929. The Labute approximate surface area is 104 Å². The van der Waals surface area contributed by atoms with Crippen molar-refractivity contribution in [2.75, 3.05) is 13.6 Å². The first kappa shape index (κ1) is 12.9. The van der Waals surface area contributed by atoms with Crippen LogP contribution in [0.3, 0.4) is 0 Å². The van der Waals surface area contributed by atoms with Crippen LogP contribution in [0.1, 0.15) is 51.4 Å². The lowest BCUT2D eigenvalue weighted by molar-refractivity contribution is -0.137. The van der Waals surface area contributed by atoms with Gasteiger partial charge < -0.3 is 10.0 Å². The third kappa shape index (κ3) is 3.98. The van der Waals surface area contributed by atoms with Crippen LogP contribution < -0.4 is 0 Å². The van der Waals surface area contributed by atoms with E-state index in [1.165, 1.54) is 38.5 Å². The number of carbonyl (C=O) groups is 1. The minimum atomic E-state index is -0.669. The molecular weight excluding hydrogens is 214 g/mol. The van der Waals surface area contributed by atoms with E-state index < -0.39 is 5.97 Å². The molecule has 1 N–H and O–H groups in total. The SMILES string of the molecule is CN(CCCC(=O)O)C1CCCC(C2CC2)C1. The minimum Gasteiger partial charge on any atom is -0.481 e. The lowest BCUT2D eigenvalue weighted by atomic mass is 9.82. The summed E-state index contributed by atoms with van der Waals surface area (Å²) in [4.78, 5) is 12.9. The van der Waals surface area contributed by atoms with Gasteiger partial charge in [0, 0.05) is 12.5 Å². The van der Waals surface area contributed by atoms with E-state index in [2.05, 4.69) is 11.9 Å². The van der Waals surface area contributed by atoms with Gasteiger partial charge in [-0.2, -0.15) is 0 Å². The molecule has 0 bridgehead atoms. The molecule has 0 radical (unpaired) electrons. The van der Waals surface area contributed by atoms with Gasteiger partial charge in [0.25, 0.3) is 0 Å². The smallest absolute Gasteiger partial charge is 0.303 e. The number of nitrogens with zero attached hydrogens (tertiary/aromatic N) is 1. The van der Waals surface area contributed by atoms with Crippen LogP contribution in [0.15, 0.2) is 0 Å². The van der Waals surface area contributed by atoms with Crippen LogP contribution in [0.4, 0.5) is 0 Å². The van der Waals surface area contributed by atoms with Crippen LogP contribution in [-0.4, -0.2) is 35.6 Å². The van der Waals surface area contributed by atoms with Gasteiger partial charge in [-0.25, -0.2) is 0 Å². The zero-order valence-electron chi connectivity index (χ0n) is 10.9. The van der Waals surface area contributed by atoms with Gasteiger partial charge in [-0.1, -0.05) is 12.8 Å². The van der Waals surface area contributed by atoms with E-state index in [9.17, 15) is 4.79 Å². The molecule has 98 valence electrons. The summed E-state index contributed by atoms with van der Waals surface area (Å²) in [5, 5.41) is 8.64. The second-order valence-electron chi connectivity index (χ2n) is 5.90. The van der Waals surface area contributed by atoms with E-state index in [0.717, 1.165) is 24.8 Å². The van der Waals surface area contributed by atoms with Crippen molar-refractivity contribution in [1.82, 2.24) is 4.90 Å². The summed E-state index contributed by atoms with van der Waals surface area (Å²) in [6.45, 7) is 0.939. The number of rotatable bonds is 6. The average Bonchev–Trinajstić information content (AvgIpc) is 3.12. The van der Waals surface area contributed by atoms with Gasteiger partial charge >= 0.3 is 5.97 Å². The zero-order valence-corrected chi connectivity index (χ0v) is 10.9. The monoisotopic (exact) mass is 239 g/mol. The Morgan fingerprint density at radius 1 is 1.24 bits per heavy atom. The fourth-order valence-corrected chi connectivity index (χ4v) is 3.26. The van der Waals surface area contributed by atoms with Crippen LogP contribution in [0.2, 0.25) is 0 Å². The van der Waals surface area contributed by atoms with Gasteiger partial charge in [0.2, 0.25) is 0 Å². The highest BCUT2D eigenvalue weighted by Crippen LogP contribution is 2.44. The van der Waals surface area contributed by atoms with Gasteiger partial charge in [0.05, 0.1) is 0 Å². The maximum absolute atomic E-state index is 10.5. The van der Waals surface area contributed by atoms with Crippen molar-refractivity contribution < 1.29 is 9.90 Å². The van der Waals surface area contributed by atoms with Crippen LogP contribution in [-0.2, 0) is 4.79 Å². The molecule has 0 aromatic carbocycles. The highest BCUT2D eigenvalue weighted by molar-refractivity contribution is 5.66. The molecule has 2 aliphatic carbocycles. The lowest BCUT2D eigenvalue weighted by Crippen LogP contribution is -2.37. The first-order chi connectivity index (χ1) is 8.16.